The maximum Gasteiger partial charge on any atom is 0.359 e. The minimum Gasteiger partial charge on any atom is -0.464 e. The quantitative estimate of drug-likeness (QED) is 0.438. The van der Waals surface area contributed by atoms with E-state index in [-0.39, 0.29) is 21.8 Å². The molecule has 1 heterocycles. The van der Waals surface area contributed by atoms with E-state index in [1.54, 1.807) is 0 Å². The van der Waals surface area contributed by atoms with Gasteiger partial charge in [0.2, 0.25) is 5.28 Å². The van der Waals surface area contributed by atoms with Crippen molar-refractivity contribution in [2.45, 2.75) is 0 Å². The number of carbonyl (C=O) groups is 1. The molecule has 70 valence electrons. The highest BCUT2D eigenvalue weighted by molar-refractivity contribution is 6.34. The van der Waals surface area contributed by atoms with Crippen molar-refractivity contribution in [3.63, 3.8) is 0 Å². The number of anilines is 1. The van der Waals surface area contributed by atoms with Crippen molar-refractivity contribution in [1.29, 1.82) is 0 Å². The number of nitrogen functional groups attached to an aromatic ring is 1. The lowest BCUT2D eigenvalue weighted by atomic mass is 10.3. The zero-order valence-electron chi connectivity index (χ0n) is 6.54. The molecule has 0 amide bonds. The second-order valence-electron chi connectivity index (χ2n) is 2.04. The summed E-state index contributed by atoms with van der Waals surface area (Å²) in [6, 6.07) is 0. The Morgan fingerprint density at radius 3 is 2.62 bits per heavy atom. The molecule has 5 nitrogen and oxygen atoms in total. The summed E-state index contributed by atoms with van der Waals surface area (Å²) in [7, 11) is 1.20. The number of nitrogens with zero attached hydrogens (tertiary/aromatic N) is 2. The lowest BCUT2D eigenvalue weighted by Gasteiger charge is -2.03. The van der Waals surface area contributed by atoms with E-state index >= 15 is 0 Å². The van der Waals surface area contributed by atoms with Gasteiger partial charge in [0.25, 0.3) is 0 Å². The van der Waals surface area contributed by atoms with Crippen LogP contribution in [-0.2, 0) is 4.74 Å². The number of rotatable bonds is 1. The van der Waals surface area contributed by atoms with Crippen molar-refractivity contribution in [3.05, 3.63) is 16.1 Å². The van der Waals surface area contributed by atoms with Gasteiger partial charge in [-0.15, -0.1) is 0 Å². The third kappa shape index (κ3) is 1.99. The SMILES string of the molecule is COC(=O)c1nc(Cl)nc(Cl)c1N. The fourth-order valence-corrected chi connectivity index (χ4v) is 1.05. The normalized spacial score (nSPS) is 9.77. The summed E-state index contributed by atoms with van der Waals surface area (Å²) < 4.78 is 4.40. The fraction of sp³-hybridized carbons (Fsp3) is 0.167. The van der Waals surface area contributed by atoms with E-state index in [9.17, 15) is 4.79 Å². The first kappa shape index (κ1) is 10.0. The average molecular weight is 222 g/mol. The second-order valence-corrected chi connectivity index (χ2v) is 2.73. The number of nitrogens with two attached hydrogens (primary N) is 1. The van der Waals surface area contributed by atoms with Gasteiger partial charge in [0.1, 0.15) is 5.69 Å². The summed E-state index contributed by atoms with van der Waals surface area (Å²) in [6.07, 6.45) is 0. The molecule has 0 unspecified atom stereocenters. The van der Waals surface area contributed by atoms with Gasteiger partial charge in [0.05, 0.1) is 7.11 Å². The van der Waals surface area contributed by atoms with E-state index in [0.717, 1.165) is 0 Å². The molecular weight excluding hydrogens is 217 g/mol. The third-order valence-electron chi connectivity index (χ3n) is 1.25. The first-order chi connectivity index (χ1) is 6.06. The van der Waals surface area contributed by atoms with Gasteiger partial charge < -0.3 is 10.5 Å². The van der Waals surface area contributed by atoms with Gasteiger partial charge in [-0.25, -0.2) is 14.8 Å². The molecule has 0 atom stereocenters. The molecule has 0 aliphatic rings. The van der Waals surface area contributed by atoms with Gasteiger partial charge in [-0.05, 0) is 11.6 Å². The number of esters is 1. The zero-order valence-corrected chi connectivity index (χ0v) is 8.06. The Morgan fingerprint density at radius 1 is 1.46 bits per heavy atom. The summed E-state index contributed by atoms with van der Waals surface area (Å²) in [5, 5.41) is -0.222. The molecule has 1 aromatic heterocycles. The van der Waals surface area contributed by atoms with Crippen molar-refractivity contribution < 1.29 is 9.53 Å². The van der Waals surface area contributed by atoms with E-state index in [4.69, 9.17) is 28.9 Å². The smallest absolute Gasteiger partial charge is 0.359 e. The van der Waals surface area contributed by atoms with E-state index in [1.165, 1.54) is 7.11 Å². The molecule has 0 aliphatic heterocycles. The van der Waals surface area contributed by atoms with Crippen molar-refractivity contribution in [2.75, 3.05) is 12.8 Å². The minimum atomic E-state index is -0.705. The van der Waals surface area contributed by atoms with E-state index in [0.29, 0.717) is 0 Å². The molecule has 1 rings (SSSR count). The van der Waals surface area contributed by atoms with E-state index in [1.807, 2.05) is 0 Å². The van der Waals surface area contributed by atoms with Crippen LogP contribution in [0.1, 0.15) is 10.5 Å². The highest BCUT2D eigenvalue weighted by atomic mass is 35.5. The Hall–Kier alpha value is -1.07. The summed E-state index contributed by atoms with van der Waals surface area (Å²) in [5.41, 5.74) is 5.24. The Balaban J connectivity index is 3.28. The first-order valence-electron chi connectivity index (χ1n) is 3.13. The molecule has 13 heavy (non-hydrogen) atoms. The lowest BCUT2D eigenvalue weighted by Crippen LogP contribution is -2.10. The Kier molecular flexibility index (Phi) is 2.90. The summed E-state index contributed by atoms with van der Waals surface area (Å²) >= 11 is 11.0. The van der Waals surface area contributed by atoms with Gasteiger partial charge in [0.15, 0.2) is 10.8 Å². The molecule has 0 aromatic carbocycles. The molecule has 1 aromatic rings. The standard InChI is InChI=1S/C6H5Cl2N3O2/c1-13-5(12)3-2(9)4(7)11-6(8)10-3/h9H2,1H3. The molecule has 0 spiro atoms. The van der Waals surface area contributed by atoms with E-state index in [2.05, 4.69) is 14.7 Å². The molecule has 0 radical (unpaired) electrons. The van der Waals surface area contributed by atoms with Crippen LogP contribution in [0.4, 0.5) is 5.69 Å². The number of methoxy groups -OCH3 is 1. The Labute approximate surface area is 83.8 Å². The maximum atomic E-state index is 11.0. The molecule has 0 saturated carbocycles. The Bertz CT molecular complexity index is 356. The maximum absolute atomic E-state index is 11.0. The van der Waals surface area contributed by atoms with Gasteiger partial charge in [-0.2, -0.15) is 0 Å². The number of ether oxygens (including phenoxy) is 1. The summed E-state index contributed by atoms with van der Waals surface area (Å²) in [6.45, 7) is 0. The van der Waals surface area contributed by atoms with Crippen LogP contribution >= 0.6 is 23.2 Å². The van der Waals surface area contributed by atoms with Crippen LogP contribution in [0.2, 0.25) is 10.4 Å². The highest BCUT2D eigenvalue weighted by Crippen LogP contribution is 2.21. The average Bonchev–Trinajstić information content (AvgIpc) is 2.10. The topological polar surface area (TPSA) is 78.1 Å². The van der Waals surface area contributed by atoms with Gasteiger partial charge >= 0.3 is 5.97 Å². The van der Waals surface area contributed by atoms with Crippen LogP contribution in [0.15, 0.2) is 0 Å². The lowest BCUT2D eigenvalue weighted by molar-refractivity contribution is 0.0595. The van der Waals surface area contributed by atoms with Crippen LogP contribution in [0.3, 0.4) is 0 Å². The van der Waals surface area contributed by atoms with Crippen molar-refractivity contribution in [2.24, 2.45) is 0 Å². The molecule has 0 bridgehead atoms. The number of hydrogen-bond donors (Lipinski definition) is 1. The summed E-state index contributed by atoms with van der Waals surface area (Å²) in [4.78, 5) is 18.1. The van der Waals surface area contributed by atoms with Crippen LogP contribution < -0.4 is 5.73 Å². The molecule has 0 fully saturated rings. The predicted molar refractivity (Wildman–Crippen MR) is 47.8 cm³/mol. The number of halogens is 2. The molecule has 7 heteroatoms. The molecule has 0 aliphatic carbocycles. The number of carbonyl (C=O) groups excluding carboxylic acids is 1. The zero-order chi connectivity index (χ0) is 10.0. The van der Waals surface area contributed by atoms with Gasteiger partial charge in [0, 0.05) is 0 Å². The number of aromatic nitrogens is 2. The van der Waals surface area contributed by atoms with Gasteiger partial charge in [-0.1, -0.05) is 11.6 Å². The minimum absolute atomic E-state index is 0.0436. The fourth-order valence-electron chi connectivity index (χ4n) is 0.669. The second kappa shape index (κ2) is 3.76. The third-order valence-corrected chi connectivity index (χ3v) is 1.71. The van der Waals surface area contributed by atoms with Crippen LogP contribution in [-0.4, -0.2) is 23.0 Å². The number of hydrogen-bond acceptors (Lipinski definition) is 5. The molecule has 2 N–H and O–H groups in total. The molecular formula is C6H5Cl2N3O2. The van der Waals surface area contributed by atoms with Crippen LogP contribution in [0.25, 0.3) is 0 Å². The van der Waals surface area contributed by atoms with Crippen LogP contribution in [0, 0.1) is 0 Å². The van der Waals surface area contributed by atoms with Crippen LogP contribution in [0.5, 0.6) is 0 Å². The summed E-state index contributed by atoms with van der Waals surface area (Å²) in [5.74, 6) is -0.705. The van der Waals surface area contributed by atoms with Crippen molar-refractivity contribution in [1.82, 2.24) is 9.97 Å². The first-order valence-corrected chi connectivity index (χ1v) is 3.88. The van der Waals surface area contributed by atoms with Gasteiger partial charge in [-0.3, -0.25) is 0 Å². The van der Waals surface area contributed by atoms with Crippen molar-refractivity contribution >= 4 is 34.9 Å². The molecule has 0 saturated heterocycles. The van der Waals surface area contributed by atoms with Crippen molar-refractivity contribution in [3.8, 4) is 0 Å². The highest BCUT2D eigenvalue weighted by Gasteiger charge is 2.16. The Morgan fingerprint density at radius 2 is 2.08 bits per heavy atom. The van der Waals surface area contributed by atoms with E-state index < -0.39 is 5.97 Å². The monoisotopic (exact) mass is 221 g/mol. The predicted octanol–water partition coefficient (Wildman–Crippen LogP) is 1.15. The largest absolute Gasteiger partial charge is 0.464 e.